The Kier molecular flexibility index (Phi) is 6.70. The number of nitrogens with one attached hydrogen (secondary N) is 1. The minimum Gasteiger partial charge on any atom is -0.324 e. The average molecular weight is 459 g/mol. The molecule has 0 radical (unpaired) electrons. The van der Waals surface area contributed by atoms with Gasteiger partial charge in [0, 0.05) is 10.7 Å². The SMILES string of the molecule is CC(C(=O)Nc1ccc(Cl)cc1)N1C(=O)/C(=C/c2ccc(C(C)(C)C)cc2)SC1=S. The summed E-state index contributed by atoms with van der Waals surface area (Å²) in [5.41, 5.74) is 2.81. The van der Waals surface area contributed by atoms with Gasteiger partial charge in [-0.15, -0.1) is 0 Å². The maximum Gasteiger partial charge on any atom is 0.266 e. The number of anilines is 1. The zero-order valence-electron chi connectivity index (χ0n) is 17.2. The molecule has 1 unspecified atom stereocenters. The van der Waals surface area contributed by atoms with Gasteiger partial charge in [0.15, 0.2) is 0 Å². The van der Waals surface area contributed by atoms with Crippen LogP contribution in [0.2, 0.25) is 5.02 Å². The van der Waals surface area contributed by atoms with Gasteiger partial charge >= 0.3 is 0 Å². The number of amides is 2. The molecule has 0 spiro atoms. The van der Waals surface area contributed by atoms with Gasteiger partial charge in [-0.25, -0.2) is 0 Å². The quantitative estimate of drug-likeness (QED) is 0.460. The molecule has 30 heavy (non-hydrogen) atoms. The molecule has 1 fully saturated rings. The van der Waals surface area contributed by atoms with E-state index < -0.39 is 6.04 Å². The normalized spacial score (nSPS) is 16.8. The van der Waals surface area contributed by atoms with Crippen LogP contribution in [-0.4, -0.2) is 27.1 Å². The summed E-state index contributed by atoms with van der Waals surface area (Å²) in [5.74, 6) is -0.576. The van der Waals surface area contributed by atoms with E-state index >= 15 is 0 Å². The van der Waals surface area contributed by atoms with Crippen molar-refractivity contribution in [2.75, 3.05) is 5.32 Å². The van der Waals surface area contributed by atoms with Crippen molar-refractivity contribution in [2.45, 2.75) is 39.2 Å². The highest BCUT2D eigenvalue weighted by atomic mass is 35.5. The maximum absolute atomic E-state index is 12.9. The van der Waals surface area contributed by atoms with E-state index in [1.807, 2.05) is 18.2 Å². The zero-order valence-corrected chi connectivity index (χ0v) is 19.6. The van der Waals surface area contributed by atoms with E-state index in [-0.39, 0.29) is 17.2 Å². The number of benzene rings is 2. The summed E-state index contributed by atoms with van der Waals surface area (Å²) in [6.07, 6.45) is 1.82. The average Bonchev–Trinajstić information content (AvgIpc) is 2.96. The molecule has 1 heterocycles. The van der Waals surface area contributed by atoms with E-state index in [1.165, 1.54) is 22.2 Å². The van der Waals surface area contributed by atoms with Gasteiger partial charge in [0.2, 0.25) is 5.91 Å². The lowest BCUT2D eigenvalue weighted by molar-refractivity contribution is -0.129. The van der Waals surface area contributed by atoms with Gasteiger partial charge in [0.05, 0.1) is 4.91 Å². The Bertz CT molecular complexity index is 1010. The first-order chi connectivity index (χ1) is 14.1. The molecule has 2 amide bonds. The van der Waals surface area contributed by atoms with E-state index in [0.29, 0.717) is 19.9 Å². The van der Waals surface area contributed by atoms with Gasteiger partial charge in [-0.1, -0.05) is 80.6 Å². The number of thioether (sulfide) groups is 1. The largest absolute Gasteiger partial charge is 0.324 e. The first-order valence-electron chi connectivity index (χ1n) is 9.50. The van der Waals surface area contributed by atoms with Gasteiger partial charge < -0.3 is 5.32 Å². The second kappa shape index (κ2) is 8.92. The van der Waals surface area contributed by atoms with E-state index in [0.717, 1.165) is 5.56 Å². The fraction of sp³-hybridized carbons (Fsp3) is 0.261. The van der Waals surface area contributed by atoms with Crippen LogP contribution < -0.4 is 5.32 Å². The third-order valence-electron chi connectivity index (χ3n) is 4.78. The number of hydrogen-bond donors (Lipinski definition) is 1. The van der Waals surface area contributed by atoms with Gasteiger partial charge in [0.25, 0.3) is 5.91 Å². The Morgan fingerprint density at radius 3 is 2.30 bits per heavy atom. The van der Waals surface area contributed by atoms with Crippen molar-refractivity contribution in [1.82, 2.24) is 4.90 Å². The number of carbonyl (C=O) groups is 2. The molecule has 3 rings (SSSR count). The van der Waals surface area contributed by atoms with Crippen molar-refractivity contribution in [3.63, 3.8) is 0 Å². The van der Waals surface area contributed by atoms with Gasteiger partial charge in [-0.05, 0) is 53.8 Å². The summed E-state index contributed by atoms with van der Waals surface area (Å²) in [4.78, 5) is 27.5. The summed E-state index contributed by atoms with van der Waals surface area (Å²) in [6, 6.07) is 14.2. The van der Waals surface area contributed by atoms with Crippen molar-refractivity contribution in [2.24, 2.45) is 0 Å². The number of hydrogen-bond acceptors (Lipinski definition) is 4. The molecule has 156 valence electrons. The number of carbonyl (C=O) groups excluding carboxylic acids is 2. The van der Waals surface area contributed by atoms with Gasteiger partial charge in [0.1, 0.15) is 10.4 Å². The molecule has 2 aromatic carbocycles. The van der Waals surface area contributed by atoms with Gasteiger partial charge in [-0.2, -0.15) is 0 Å². The molecule has 4 nitrogen and oxygen atoms in total. The van der Waals surface area contributed by atoms with Crippen LogP contribution in [0.4, 0.5) is 5.69 Å². The number of thiocarbonyl (C=S) groups is 1. The minimum absolute atomic E-state index is 0.0643. The molecule has 1 aliphatic rings. The topological polar surface area (TPSA) is 49.4 Å². The van der Waals surface area contributed by atoms with Gasteiger partial charge in [-0.3, -0.25) is 14.5 Å². The number of rotatable bonds is 4. The minimum atomic E-state index is -0.734. The van der Waals surface area contributed by atoms with E-state index in [1.54, 1.807) is 31.2 Å². The van der Waals surface area contributed by atoms with Crippen LogP contribution in [0.25, 0.3) is 6.08 Å². The monoisotopic (exact) mass is 458 g/mol. The van der Waals surface area contributed by atoms with E-state index in [9.17, 15) is 9.59 Å². The Labute approximate surface area is 191 Å². The van der Waals surface area contributed by atoms with Crippen LogP contribution in [0, 0.1) is 0 Å². The summed E-state index contributed by atoms with van der Waals surface area (Å²) in [5, 5.41) is 3.37. The van der Waals surface area contributed by atoms with Crippen LogP contribution in [-0.2, 0) is 15.0 Å². The second-order valence-corrected chi connectivity index (χ2v) is 10.2. The van der Waals surface area contributed by atoms with Crippen molar-refractivity contribution < 1.29 is 9.59 Å². The Morgan fingerprint density at radius 2 is 1.73 bits per heavy atom. The predicted octanol–water partition coefficient (Wildman–Crippen LogP) is 5.87. The van der Waals surface area contributed by atoms with Crippen molar-refractivity contribution in [3.05, 3.63) is 69.6 Å². The van der Waals surface area contributed by atoms with E-state index in [4.69, 9.17) is 23.8 Å². The summed E-state index contributed by atoms with van der Waals surface area (Å²) in [6.45, 7) is 8.13. The molecule has 7 heteroatoms. The Hall–Kier alpha value is -2.15. The molecule has 0 bridgehead atoms. The molecule has 0 saturated carbocycles. The summed E-state index contributed by atoms with van der Waals surface area (Å²) < 4.78 is 0.372. The van der Waals surface area contributed by atoms with Crippen LogP contribution in [0.3, 0.4) is 0 Å². The summed E-state index contributed by atoms with van der Waals surface area (Å²) in [7, 11) is 0. The van der Waals surface area contributed by atoms with Crippen LogP contribution in [0.1, 0.15) is 38.8 Å². The molecule has 1 saturated heterocycles. The third kappa shape index (κ3) is 5.12. The lowest BCUT2D eigenvalue weighted by Crippen LogP contribution is -2.44. The van der Waals surface area contributed by atoms with Crippen molar-refractivity contribution in [1.29, 1.82) is 0 Å². The fourth-order valence-corrected chi connectivity index (χ4v) is 4.49. The van der Waals surface area contributed by atoms with Crippen LogP contribution in [0.15, 0.2) is 53.4 Å². The zero-order chi connectivity index (χ0) is 22.1. The molecule has 1 atom stereocenters. The van der Waals surface area contributed by atoms with Crippen LogP contribution in [0.5, 0.6) is 0 Å². The maximum atomic E-state index is 12.9. The fourth-order valence-electron chi connectivity index (χ4n) is 2.94. The predicted molar refractivity (Wildman–Crippen MR) is 130 cm³/mol. The molecule has 1 N–H and O–H groups in total. The first kappa shape index (κ1) is 22.5. The Balaban J connectivity index is 1.74. The highest BCUT2D eigenvalue weighted by Crippen LogP contribution is 2.34. The molecule has 0 aliphatic carbocycles. The van der Waals surface area contributed by atoms with E-state index in [2.05, 4.69) is 38.2 Å². The van der Waals surface area contributed by atoms with Crippen molar-refractivity contribution >= 4 is 63.5 Å². The highest BCUT2D eigenvalue weighted by Gasteiger charge is 2.38. The smallest absolute Gasteiger partial charge is 0.266 e. The van der Waals surface area contributed by atoms with Crippen molar-refractivity contribution in [3.8, 4) is 0 Å². The Morgan fingerprint density at radius 1 is 1.13 bits per heavy atom. The molecule has 2 aromatic rings. The summed E-state index contributed by atoms with van der Waals surface area (Å²) >= 11 is 12.5. The third-order valence-corrected chi connectivity index (χ3v) is 6.36. The molecule has 1 aliphatic heterocycles. The number of halogens is 1. The molecular formula is C23H23ClN2O2S2. The highest BCUT2D eigenvalue weighted by molar-refractivity contribution is 8.26. The first-order valence-corrected chi connectivity index (χ1v) is 11.1. The standard InChI is InChI=1S/C23H23ClN2O2S2/c1-14(20(27)25-18-11-9-17(24)10-12-18)26-21(28)19(30-22(26)29)13-15-5-7-16(8-6-15)23(2,3)4/h5-14H,1-4H3,(H,25,27)/b19-13-. The lowest BCUT2D eigenvalue weighted by atomic mass is 9.87. The van der Waals surface area contributed by atoms with Crippen LogP contribution >= 0.6 is 35.6 Å². The molecule has 0 aromatic heterocycles. The number of nitrogens with zero attached hydrogens (tertiary/aromatic N) is 1. The second-order valence-electron chi connectivity index (χ2n) is 8.10. The molecular weight excluding hydrogens is 436 g/mol. The lowest BCUT2D eigenvalue weighted by Gasteiger charge is -2.22.